The topological polar surface area (TPSA) is 90.9 Å². The van der Waals surface area contributed by atoms with E-state index in [1.807, 2.05) is 36.4 Å². The van der Waals surface area contributed by atoms with Crippen LogP contribution in [0.4, 0.5) is 4.79 Å². The van der Waals surface area contributed by atoms with E-state index in [1.54, 1.807) is 0 Å². The molecule has 0 bridgehead atoms. The number of ether oxygens (including phenoxy) is 1. The van der Waals surface area contributed by atoms with E-state index in [0.717, 1.165) is 57.6 Å². The van der Waals surface area contributed by atoms with Gasteiger partial charge in [-0.2, -0.15) is 0 Å². The van der Waals surface area contributed by atoms with Crippen LogP contribution in [0.1, 0.15) is 36.8 Å². The smallest absolute Gasteiger partial charge is 0.405 e. The minimum absolute atomic E-state index is 0.0317. The summed E-state index contributed by atoms with van der Waals surface area (Å²) in [5, 5.41) is 14.8. The number of nitrogens with one attached hydrogen (secondary N) is 2. The molecule has 33 heavy (non-hydrogen) atoms. The Bertz CT molecular complexity index is 908. The number of hydrogen-bond acceptors (Lipinski definition) is 4. The SMILES string of the molecule is O=C(O)NC(Cc1ccccc1)C(=O)NC1CCC(c2ccccc2)(N2CCOCC2)CC1. The standard InChI is InChI=1S/C26H33N3O4/c30-24(23(28-25(31)32)19-20-7-3-1-4-8-20)27-22-11-13-26(14-12-22,21-9-5-2-6-10-21)29-15-17-33-18-16-29/h1-10,22-23,28H,11-19H2,(H,27,30)(H,31,32). The van der Waals surface area contributed by atoms with E-state index in [2.05, 4.69) is 39.8 Å². The molecule has 1 heterocycles. The van der Waals surface area contributed by atoms with Crippen molar-refractivity contribution in [1.82, 2.24) is 15.5 Å². The number of benzene rings is 2. The first-order valence-electron chi connectivity index (χ1n) is 11.8. The van der Waals surface area contributed by atoms with Gasteiger partial charge >= 0.3 is 6.09 Å². The van der Waals surface area contributed by atoms with Gasteiger partial charge in [0.15, 0.2) is 0 Å². The summed E-state index contributed by atoms with van der Waals surface area (Å²) in [6.07, 6.45) is 2.72. The lowest BCUT2D eigenvalue weighted by Gasteiger charge is -2.50. The second-order valence-electron chi connectivity index (χ2n) is 8.97. The van der Waals surface area contributed by atoms with Gasteiger partial charge in [0.2, 0.25) is 5.91 Å². The molecule has 2 amide bonds. The van der Waals surface area contributed by atoms with E-state index < -0.39 is 12.1 Å². The lowest BCUT2D eigenvalue weighted by Crippen LogP contribution is -2.56. The van der Waals surface area contributed by atoms with Crippen molar-refractivity contribution in [3.8, 4) is 0 Å². The summed E-state index contributed by atoms with van der Waals surface area (Å²) < 4.78 is 5.60. The van der Waals surface area contributed by atoms with Crippen LogP contribution in [0.2, 0.25) is 0 Å². The monoisotopic (exact) mass is 451 g/mol. The van der Waals surface area contributed by atoms with Gasteiger partial charge in [-0.15, -0.1) is 0 Å². The fourth-order valence-corrected chi connectivity index (χ4v) is 5.28. The first-order chi connectivity index (χ1) is 16.1. The Hall–Kier alpha value is -2.90. The molecule has 0 aromatic heterocycles. The zero-order valence-electron chi connectivity index (χ0n) is 18.9. The van der Waals surface area contributed by atoms with Gasteiger partial charge in [-0.3, -0.25) is 9.69 Å². The Labute approximate surface area is 195 Å². The molecule has 1 atom stereocenters. The molecular formula is C26H33N3O4. The summed E-state index contributed by atoms with van der Waals surface area (Å²) in [6.45, 7) is 3.31. The minimum atomic E-state index is -1.19. The van der Waals surface area contributed by atoms with Gasteiger partial charge in [0, 0.05) is 31.1 Å². The summed E-state index contributed by atoms with van der Waals surface area (Å²) >= 11 is 0. The highest BCUT2D eigenvalue weighted by atomic mass is 16.5. The number of nitrogens with zero attached hydrogens (tertiary/aromatic N) is 1. The van der Waals surface area contributed by atoms with Crippen molar-refractivity contribution < 1.29 is 19.4 Å². The van der Waals surface area contributed by atoms with Crippen molar-refractivity contribution >= 4 is 12.0 Å². The van der Waals surface area contributed by atoms with Gasteiger partial charge in [0.05, 0.1) is 13.2 Å². The second-order valence-corrected chi connectivity index (χ2v) is 8.97. The molecule has 2 fully saturated rings. The largest absolute Gasteiger partial charge is 0.465 e. The summed E-state index contributed by atoms with van der Waals surface area (Å²) in [4.78, 5) is 26.9. The Balaban J connectivity index is 1.42. The number of carbonyl (C=O) groups excluding carboxylic acids is 1. The molecule has 3 N–H and O–H groups in total. The van der Waals surface area contributed by atoms with Crippen molar-refractivity contribution in [2.24, 2.45) is 0 Å². The molecule has 2 aromatic carbocycles. The average Bonchev–Trinajstić information content (AvgIpc) is 2.86. The summed E-state index contributed by atoms with van der Waals surface area (Å²) in [6, 6.07) is 19.4. The van der Waals surface area contributed by atoms with E-state index in [4.69, 9.17) is 4.74 Å². The number of hydrogen-bond donors (Lipinski definition) is 3. The summed E-state index contributed by atoms with van der Waals surface area (Å²) in [5.41, 5.74) is 2.20. The van der Waals surface area contributed by atoms with Crippen LogP contribution >= 0.6 is 0 Å². The third kappa shape index (κ3) is 5.72. The average molecular weight is 452 g/mol. The molecule has 1 saturated heterocycles. The fourth-order valence-electron chi connectivity index (χ4n) is 5.28. The predicted octanol–water partition coefficient (Wildman–Crippen LogP) is 3.15. The first-order valence-corrected chi connectivity index (χ1v) is 11.8. The van der Waals surface area contributed by atoms with Gasteiger partial charge in [-0.25, -0.2) is 4.79 Å². The van der Waals surface area contributed by atoms with Gasteiger partial charge in [0.1, 0.15) is 6.04 Å². The Morgan fingerprint density at radius 1 is 1.00 bits per heavy atom. The maximum Gasteiger partial charge on any atom is 0.405 e. The Morgan fingerprint density at radius 3 is 2.21 bits per heavy atom. The highest BCUT2D eigenvalue weighted by Crippen LogP contribution is 2.42. The van der Waals surface area contributed by atoms with Gasteiger partial charge in [0.25, 0.3) is 0 Å². The van der Waals surface area contributed by atoms with E-state index in [1.165, 1.54) is 5.56 Å². The quantitative estimate of drug-likeness (QED) is 0.602. The van der Waals surface area contributed by atoms with Crippen LogP contribution < -0.4 is 10.6 Å². The molecular weight excluding hydrogens is 418 g/mol. The van der Waals surface area contributed by atoms with Crippen LogP contribution in [0.15, 0.2) is 60.7 Å². The van der Waals surface area contributed by atoms with Gasteiger partial charge in [-0.1, -0.05) is 60.7 Å². The fraction of sp³-hybridized carbons (Fsp3) is 0.462. The third-order valence-electron chi connectivity index (χ3n) is 6.98. The third-order valence-corrected chi connectivity index (χ3v) is 6.98. The molecule has 1 aliphatic heterocycles. The molecule has 0 radical (unpaired) electrons. The summed E-state index contributed by atoms with van der Waals surface area (Å²) in [5.74, 6) is -0.259. The van der Waals surface area contributed by atoms with Crippen molar-refractivity contribution in [3.05, 3.63) is 71.8 Å². The minimum Gasteiger partial charge on any atom is -0.465 e. The van der Waals surface area contributed by atoms with Crippen molar-refractivity contribution in [3.63, 3.8) is 0 Å². The van der Waals surface area contributed by atoms with E-state index in [9.17, 15) is 14.7 Å². The molecule has 7 heteroatoms. The van der Waals surface area contributed by atoms with Crippen LogP contribution in [0.3, 0.4) is 0 Å². The lowest BCUT2D eigenvalue weighted by atomic mass is 9.73. The zero-order valence-corrected chi connectivity index (χ0v) is 18.9. The van der Waals surface area contributed by atoms with Crippen LogP contribution in [0, 0.1) is 0 Å². The Kier molecular flexibility index (Phi) is 7.62. The number of rotatable bonds is 7. The number of morpholine rings is 1. The Morgan fingerprint density at radius 2 is 1.61 bits per heavy atom. The highest BCUT2D eigenvalue weighted by Gasteiger charge is 2.42. The van der Waals surface area contributed by atoms with Crippen LogP contribution in [0.5, 0.6) is 0 Å². The van der Waals surface area contributed by atoms with E-state index in [0.29, 0.717) is 6.42 Å². The molecule has 1 saturated carbocycles. The van der Waals surface area contributed by atoms with Gasteiger partial charge in [-0.05, 0) is 36.8 Å². The number of carbonyl (C=O) groups is 2. The second kappa shape index (κ2) is 10.8. The van der Waals surface area contributed by atoms with E-state index >= 15 is 0 Å². The van der Waals surface area contributed by atoms with Crippen molar-refractivity contribution in [1.29, 1.82) is 0 Å². The molecule has 4 rings (SSSR count). The normalized spacial score (nSPS) is 24.5. The molecule has 176 valence electrons. The first kappa shape index (κ1) is 23.3. The van der Waals surface area contributed by atoms with Gasteiger partial charge < -0.3 is 20.5 Å². The number of amides is 2. The van der Waals surface area contributed by atoms with Crippen LogP contribution in [-0.4, -0.2) is 60.4 Å². The zero-order chi connectivity index (χ0) is 23.1. The molecule has 0 spiro atoms. The lowest BCUT2D eigenvalue weighted by molar-refractivity contribution is -0.124. The van der Waals surface area contributed by atoms with Crippen molar-refractivity contribution in [2.75, 3.05) is 26.3 Å². The molecule has 7 nitrogen and oxygen atoms in total. The molecule has 1 unspecified atom stereocenters. The molecule has 2 aromatic rings. The highest BCUT2D eigenvalue weighted by molar-refractivity contribution is 5.85. The van der Waals surface area contributed by atoms with Crippen LogP contribution in [-0.2, 0) is 21.5 Å². The van der Waals surface area contributed by atoms with E-state index in [-0.39, 0.29) is 17.5 Å². The molecule has 2 aliphatic rings. The van der Waals surface area contributed by atoms with Crippen molar-refractivity contribution in [2.45, 2.75) is 49.7 Å². The maximum atomic E-state index is 13.0. The number of carboxylic acid groups (broad SMARTS) is 1. The summed E-state index contributed by atoms with van der Waals surface area (Å²) in [7, 11) is 0. The maximum absolute atomic E-state index is 13.0. The molecule has 1 aliphatic carbocycles. The van der Waals surface area contributed by atoms with Crippen LogP contribution in [0.25, 0.3) is 0 Å². The predicted molar refractivity (Wildman–Crippen MR) is 126 cm³/mol.